The van der Waals surface area contributed by atoms with Crippen molar-refractivity contribution in [2.24, 2.45) is 0 Å². The van der Waals surface area contributed by atoms with Crippen LogP contribution in [-0.2, 0) is 6.18 Å². The molecule has 1 N–H and O–H groups in total. The summed E-state index contributed by atoms with van der Waals surface area (Å²) in [6, 6.07) is 4.62. The molecule has 2 aromatic heterocycles. The van der Waals surface area contributed by atoms with Gasteiger partial charge in [-0.15, -0.1) is 0 Å². The molecular weight excluding hydrogens is 456 g/mol. The number of nitrogens with one attached hydrogen (secondary N) is 1. The summed E-state index contributed by atoms with van der Waals surface area (Å²) >= 11 is 5.74. The van der Waals surface area contributed by atoms with E-state index in [1.165, 1.54) is 30.6 Å². The van der Waals surface area contributed by atoms with Crippen LogP contribution in [0.2, 0.25) is 5.02 Å². The number of aromatic nitrogens is 4. The van der Waals surface area contributed by atoms with E-state index < -0.39 is 23.6 Å². The minimum absolute atomic E-state index is 0.0648. The monoisotopic (exact) mass is 468 g/mol. The molecule has 3 heterocycles. The SMILES string of the molecule is O=C(Nc1cc(C(F)(F)F)ncn1)c1nccnc1N1CC(Oc2ccc(F)c(Cl)c2)C1. The van der Waals surface area contributed by atoms with Gasteiger partial charge in [-0.2, -0.15) is 13.2 Å². The Morgan fingerprint density at radius 3 is 2.59 bits per heavy atom. The third-order valence-corrected chi connectivity index (χ3v) is 4.72. The first-order chi connectivity index (χ1) is 15.2. The maximum Gasteiger partial charge on any atom is 0.433 e. The van der Waals surface area contributed by atoms with Gasteiger partial charge in [0, 0.05) is 24.5 Å². The minimum Gasteiger partial charge on any atom is -0.487 e. The van der Waals surface area contributed by atoms with Gasteiger partial charge in [0.1, 0.15) is 35.5 Å². The van der Waals surface area contributed by atoms with Crippen molar-refractivity contribution in [3.8, 4) is 5.75 Å². The Labute approximate surface area is 183 Å². The first-order valence-corrected chi connectivity index (χ1v) is 9.47. The van der Waals surface area contributed by atoms with Gasteiger partial charge in [-0.3, -0.25) is 4.79 Å². The third kappa shape index (κ3) is 4.69. The van der Waals surface area contributed by atoms with Gasteiger partial charge >= 0.3 is 6.18 Å². The highest BCUT2D eigenvalue weighted by Crippen LogP contribution is 2.29. The number of anilines is 2. The Morgan fingerprint density at radius 1 is 1.12 bits per heavy atom. The number of hydrogen-bond acceptors (Lipinski definition) is 7. The lowest BCUT2D eigenvalue weighted by molar-refractivity contribution is -0.141. The molecule has 4 rings (SSSR count). The van der Waals surface area contributed by atoms with Crippen LogP contribution in [0.15, 0.2) is 43.0 Å². The smallest absolute Gasteiger partial charge is 0.433 e. The zero-order chi connectivity index (χ0) is 22.9. The molecule has 0 bridgehead atoms. The second-order valence-electron chi connectivity index (χ2n) is 6.69. The second-order valence-corrected chi connectivity index (χ2v) is 7.10. The normalized spacial score (nSPS) is 14.1. The van der Waals surface area contributed by atoms with Crippen molar-refractivity contribution in [1.29, 1.82) is 0 Å². The average Bonchev–Trinajstić information content (AvgIpc) is 2.72. The first kappa shape index (κ1) is 21.7. The summed E-state index contributed by atoms with van der Waals surface area (Å²) in [5, 5.41) is 2.21. The summed E-state index contributed by atoms with van der Waals surface area (Å²) in [5.41, 5.74) is -1.28. The molecule has 0 aliphatic carbocycles. The number of amides is 1. The number of alkyl halides is 3. The van der Waals surface area contributed by atoms with E-state index in [0.717, 1.165) is 0 Å². The summed E-state index contributed by atoms with van der Waals surface area (Å²) in [4.78, 5) is 29.3. The summed E-state index contributed by atoms with van der Waals surface area (Å²) in [7, 11) is 0. The topological polar surface area (TPSA) is 93.1 Å². The van der Waals surface area contributed by atoms with Crippen molar-refractivity contribution in [2.75, 3.05) is 23.3 Å². The van der Waals surface area contributed by atoms with Crippen molar-refractivity contribution in [3.05, 3.63) is 65.2 Å². The molecule has 3 aromatic rings. The van der Waals surface area contributed by atoms with Crippen LogP contribution in [0.5, 0.6) is 5.75 Å². The fourth-order valence-electron chi connectivity index (χ4n) is 2.91. The van der Waals surface area contributed by atoms with E-state index in [9.17, 15) is 22.4 Å². The van der Waals surface area contributed by atoms with Crippen molar-refractivity contribution in [1.82, 2.24) is 19.9 Å². The lowest BCUT2D eigenvalue weighted by Gasteiger charge is -2.40. The predicted octanol–water partition coefficient (Wildman–Crippen LogP) is 3.60. The van der Waals surface area contributed by atoms with E-state index in [1.807, 2.05) is 0 Å². The van der Waals surface area contributed by atoms with Crippen LogP contribution in [0.1, 0.15) is 16.2 Å². The molecule has 0 atom stereocenters. The van der Waals surface area contributed by atoms with Crippen LogP contribution < -0.4 is 15.0 Å². The molecule has 1 aliphatic rings. The van der Waals surface area contributed by atoms with Crippen molar-refractivity contribution < 1.29 is 27.1 Å². The Hall–Kier alpha value is -3.54. The molecule has 1 saturated heterocycles. The molecule has 1 aliphatic heterocycles. The molecule has 0 unspecified atom stereocenters. The number of carbonyl (C=O) groups excluding carboxylic acids is 1. The van der Waals surface area contributed by atoms with E-state index in [2.05, 4.69) is 25.3 Å². The van der Waals surface area contributed by atoms with E-state index in [4.69, 9.17) is 16.3 Å². The number of halogens is 5. The second kappa shape index (κ2) is 8.54. The molecule has 0 radical (unpaired) electrons. The maximum absolute atomic E-state index is 13.3. The van der Waals surface area contributed by atoms with Crippen molar-refractivity contribution in [3.63, 3.8) is 0 Å². The first-order valence-electron chi connectivity index (χ1n) is 9.09. The molecule has 1 fully saturated rings. The number of carbonyl (C=O) groups is 1. The van der Waals surface area contributed by atoms with Gasteiger partial charge in [0.2, 0.25) is 0 Å². The lowest BCUT2D eigenvalue weighted by Crippen LogP contribution is -2.54. The molecule has 0 spiro atoms. The largest absolute Gasteiger partial charge is 0.487 e. The highest BCUT2D eigenvalue weighted by atomic mass is 35.5. The van der Waals surface area contributed by atoms with Crippen molar-refractivity contribution >= 4 is 29.1 Å². The predicted molar refractivity (Wildman–Crippen MR) is 105 cm³/mol. The number of rotatable bonds is 5. The van der Waals surface area contributed by atoms with Crippen LogP contribution in [0.4, 0.5) is 29.2 Å². The summed E-state index contributed by atoms with van der Waals surface area (Å²) in [5.74, 6) is -1.05. The molecule has 0 saturated carbocycles. The van der Waals surface area contributed by atoms with Gasteiger partial charge in [0.05, 0.1) is 18.1 Å². The maximum atomic E-state index is 13.3. The summed E-state index contributed by atoms with van der Waals surface area (Å²) in [6.45, 7) is 0.694. The van der Waals surface area contributed by atoms with Crippen LogP contribution in [0.3, 0.4) is 0 Å². The van der Waals surface area contributed by atoms with E-state index in [0.29, 0.717) is 31.2 Å². The van der Waals surface area contributed by atoms with Crippen LogP contribution in [0.25, 0.3) is 0 Å². The standard InChI is InChI=1S/C19H13ClF4N6O2/c20-12-5-10(1-2-13(12)21)32-11-7-30(8-11)17-16(25-3-4-26-17)18(31)29-15-6-14(19(22,23)24)27-9-28-15/h1-6,9,11H,7-8H2,(H,27,28,29,31). The van der Waals surface area contributed by atoms with Gasteiger partial charge < -0.3 is 15.0 Å². The van der Waals surface area contributed by atoms with Gasteiger partial charge in [-0.1, -0.05) is 11.6 Å². The zero-order valence-electron chi connectivity index (χ0n) is 16.0. The average molecular weight is 469 g/mol. The van der Waals surface area contributed by atoms with Gasteiger partial charge in [-0.25, -0.2) is 24.3 Å². The fraction of sp³-hybridized carbons (Fsp3) is 0.211. The molecular formula is C19H13ClF4N6O2. The van der Waals surface area contributed by atoms with Crippen LogP contribution in [-0.4, -0.2) is 45.0 Å². The summed E-state index contributed by atoms with van der Waals surface area (Å²) < 4.78 is 57.4. The Morgan fingerprint density at radius 2 is 1.88 bits per heavy atom. The van der Waals surface area contributed by atoms with E-state index in [-0.39, 0.29) is 28.5 Å². The highest BCUT2D eigenvalue weighted by Gasteiger charge is 2.34. The Bertz CT molecular complexity index is 1160. The molecule has 1 amide bonds. The van der Waals surface area contributed by atoms with Gasteiger partial charge in [0.25, 0.3) is 5.91 Å². The number of nitrogens with zero attached hydrogens (tertiary/aromatic N) is 5. The number of ether oxygens (including phenoxy) is 1. The molecule has 8 nitrogen and oxygen atoms in total. The number of benzene rings is 1. The molecule has 32 heavy (non-hydrogen) atoms. The number of hydrogen-bond donors (Lipinski definition) is 1. The fourth-order valence-corrected chi connectivity index (χ4v) is 3.08. The van der Waals surface area contributed by atoms with Gasteiger partial charge in [-0.05, 0) is 12.1 Å². The van der Waals surface area contributed by atoms with Crippen molar-refractivity contribution in [2.45, 2.75) is 12.3 Å². The van der Waals surface area contributed by atoms with E-state index >= 15 is 0 Å². The lowest BCUT2D eigenvalue weighted by atomic mass is 10.1. The van der Waals surface area contributed by atoms with Gasteiger partial charge in [0.15, 0.2) is 11.5 Å². The Kier molecular flexibility index (Phi) is 5.78. The van der Waals surface area contributed by atoms with E-state index in [1.54, 1.807) is 4.90 Å². The quantitative estimate of drug-likeness (QED) is 0.572. The summed E-state index contributed by atoms with van der Waals surface area (Å²) in [6.07, 6.45) is -1.58. The highest BCUT2D eigenvalue weighted by molar-refractivity contribution is 6.30. The third-order valence-electron chi connectivity index (χ3n) is 4.43. The molecule has 13 heteroatoms. The molecule has 166 valence electrons. The molecule has 1 aromatic carbocycles. The van der Waals surface area contributed by atoms with Crippen LogP contribution >= 0.6 is 11.6 Å². The minimum atomic E-state index is -4.68. The zero-order valence-corrected chi connectivity index (χ0v) is 16.7. The van der Waals surface area contributed by atoms with Crippen LogP contribution in [0, 0.1) is 5.82 Å². The Balaban J connectivity index is 1.43.